The van der Waals surface area contributed by atoms with E-state index in [1.54, 1.807) is 11.8 Å². The van der Waals surface area contributed by atoms with Gasteiger partial charge in [0.15, 0.2) is 5.16 Å². The minimum atomic E-state index is -0.347. The fraction of sp³-hybridized carbons (Fsp3) is 0.214. The van der Waals surface area contributed by atoms with Crippen LogP contribution in [0.1, 0.15) is 30.1 Å². The Morgan fingerprint density at radius 2 is 1.59 bits per heavy atom. The second-order valence-corrected chi connectivity index (χ2v) is 9.00. The molecule has 0 radical (unpaired) electrons. The van der Waals surface area contributed by atoms with Crippen LogP contribution in [0.5, 0.6) is 0 Å². The van der Waals surface area contributed by atoms with Crippen molar-refractivity contribution in [2.24, 2.45) is 0 Å². The van der Waals surface area contributed by atoms with Gasteiger partial charge >= 0.3 is 0 Å². The van der Waals surface area contributed by atoms with Crippen molar-refractivity contribution in [3.63, 3.8) is 0 Å². The zero-order chi connectivity index (χ0) is 23.8. The lowest BCUT2D eigenvalue weighted by Gasteiger charge is -2.12. The van der Waals surface area contributed by atoms with Gasteiger partial charge in [-0.2, -0.15) is 0 Å². The standard InChI is InChI=1S/C28H28FN3OS/c1-2-19-32-26(22-12-7-4-8-13-22)25(21-10-5-3-6-11-21)31-28(32)34-20-9-18-30-27(33)23-14-16-24(29)17-15-23/h3-8,10-17H,2,9,18-20H2,1H3,(H,30,33). The summed E-state index contributed by atoms with van der Waals surface area (Å²) in [5.74, 6) is 0.294. The van der Waals surface area contributed by atoms with Gasteiger partial charge in [-0.25, -0.2) is 9.37 Å². The molecule has 4 nitrogen and oxygen atoms in total. The lowest BCUT2D eigenvalue weighted by molar-refractivity contribution is 0.0953. The van der Waals surface area contributed by atoms with Crippen LogP contribution in [0.15, 0.2) is 90.1 Å². The molecule has 4 aromatic rings. The van der Waals surface area contributed by atoms with Gasteiger partial charge in [0.2, 0.25) is 0 Å². The van der Waals surface area contributed by atoms with Crippen molar-refractivity contribution in [3.8, 4) is 22.5 Å². The van der Waals surface area contributed by atoms with Gasteiger partial charge in [-0.05, 0) is 37.1 Å². The first-order chi connectivity index (χ1) is 16.7. The smallest absolute Gasteiger partial charge is 0.251 e. The average Bonchev–Trinajstić information content (AvgIpc) is 3.23. The van der Waals surface area contributed by atoms with E-state index >= 15 is 0 Å². The normalized spacial score (nSPS) is 10.9. The van der Waals surface area contributed by atoms with Gasteiger partial charge < -0.3 is 9.88 Å². The highest BCUT2D eigenvalue weighted by Crippen LogP contribution is 2.36. The van der Waals surface area contributed by atoms with Crippen LogP contribution in [0.4, 0.5) is 4.39 Å². The first-order valence-electron chi connectivity index (χ1n) is 11.5. The van der Waals surface area contributed by atoms with E-state index in [1.807, 2.05) is 24.3 Å². The molecule has 0 aliphatic rings. The van der Waals surface area contributed by atoms with Crippen LogP contribution in [-0.2, 0) is 6.54 Å². The van der Waals surface area contributed by atoms with Crippen molar-refractivity contribution in [2.75, 3.05) is 12.3 Å². The molecule has 6 heteroatoms. The third-order valence-electron chi connectivity index (χ3n) is 5.42. The molecule has 174 valence electrons. The summed E-state index contributed by atoms with van der Waals surface area (Å²) >= 11 is 1.71. The lowest BCUT2D eigenvalue weighted by atomic mass is 10.0. The molecule has 34 heavy (non-hydrogen) atoms. The summed E-state index contributed by atoms with van der Waals surface area (Å²) in [5, 5.41) is 3.90. The van der Waals surface area contributed by atoms with Gasteiger partial charge in [-0.3, -0.25) is 4.79 Å². The summed E-state index contributed by atoms with van der Waals surface area (Å²) in [7, 11) is 0. The highest BCUT2D eigenvalue weighted by atomic mass is 32.2. The molecule has 3 aromatic carbocycles. The molecule has 4 rings (SSSR count). The molecule has 1 N–H and O–H groups in total. The number of nitrogens with zero attached hydrogens (tertiary/aromatic N) is 2. The molecule has 0 saturated heterocycles. The third-order valence-corrected chi connectivity index (χ3v) is 6.48. The summed E-state index contributed by atoms with van der Waals surface area (Å²) in [6, 6.07) is 26.3. The maximum atomic E-state index is 13.1. The number of benzene rings is 3. The molecule has 1 amide bonds. The quantitative estimate of drug-likeness (QED) is 0.206. The van der Waals surface area contributed by atoms with Crippen LogP contribution < -0.4 is 5.32 Å². The summed E-state index contributed by atoms with van der Waals surface area (Å²) in [6.07, 6.45) is 1.81. The average molecular weight is 474 g/mol. The predicted molar refractivity (Wildman–Crippen MR) is 137 cm³/mol. The number of imidazole rings is 1. The number of thioether (sulfide) groups is 1. The van der Waals surface area contributed by atoms with E-state index in [1.165, 1.54) is 24.3 Å². The van der Waals surface area contributed by atoms with Gasteiger partial charge in [0.25, 0.3) is 5.91 Å². The van der Waals surface area contributed by atoms with E-state index < -0.39 is 0 Å². The zero-order valence-electron chi connectivity index (χ0n) is 19.2. The largest absolute Gasteiger partial charge is 0.352 e. The topological polar surface area (TPSA) is 46.9 Å². The first kappa shape index (κ1) is 23.8. The molecule has 0 aliphatic carbocycles. The second-order valence-electron chi connectivity index (χ2n) is 7.94. The number of rotatable bonds is 10. The number of carbonyl (C=O) groups excluding carboxylic acids is 1. The number of hydrogen-bond donors (Lipinski definition) is 1. The van der Waals surface area contributed by atoms with E-state index in [0.717, 1.165) is 52.8 Å². The lowest BCUT2D eigenvalue weighted by Crippen LogP contribution is -2.24. The van der Waals surface area contributed by atoms with E-state index in [9.17, 15) is 9.18 Å². The number of amides is 1. The molecule has 0 atom stereocenters. The second kappa shape index (κ2) is 11.7. The van der Waals surface area contributed by atoms with Crippen molar-refractivity contribution < 1.29 is 9.18 Å². The minimum absolute atomic E-state index is 0.185. The molecule has 0 spiro atoms. The summed E-state index contributed by atoms with van der Waals surface area (Å²) in [5.41, 5.74) is 4.85. The Balaban J connectivity index is 1.48. The molecule has 1 aromatic heterocycles. The Kier molecular flexibility index (Phi) is 8.15. The van der Waals surface area contributed by atoms with Crippen molar-refractivity contribution in [3.05, 3.63) is 96.3 Å². The Labute approximate surface area is 204 Å². The monoisotopic (exact) mass is 473 g/mol. The maximum Gasteiger partial charge on any atom is 0.251 e. The zero-order valence-corrected chi connectivity index (χ0v) is 20.0. The van der Waals surface area contributed by atoms with E-state index in [4.69, 9.17) is 4.98 Å². The summed E-state index contributed by atoms with van der Waals surface area (Å²) in [4.78, 5) is 17.3. The predicted octanol–water partition coefficient (Wildman–Crippen LogP) is 6.68. The van der Waals surface area contributed by atoms with E-state index in [2.05, 4.69) is 53.2 Å². The van der Waals surface area contributed by atoms with Gasteiger partial charge in [0.1, 0.15) is 5.82 Å². The Morgan fingerprint density at radius 3 is 2.24 bits per heavy atom. The number of hydrogen-bond acceptors (Lipinski definition) is 3. The number of halogens is 1. The summed E-state index contributed by atoms with van der Waals surface area (Å²) in [6.45, 7) is 3.61. The first-order valence-corrected chi connectivity index (χ1v) is 12.5. The Bertz CT molecular complexity index is 1210. The molecule has 0 unspecified atom stereocenters. The molecular weight excluding hydrogens is 445 g/mol. The molecule has 0 bridgehead atoms. The maximum absolute atomic E-state index is 13.1. The molecule has 1 heterocycles. The van der Waals surface area contributed by atoms with Crippen LogP contribution in [-0.4, -0.2) is 27.8 Å². The molecule has 0 saturated carbocycles. The van der Waals surface area contributed by atoms with Crippen molar-refractivity contribution in [1.29, 1.82) is 0 Å². The van der Waals surface area contributed by atoms with Crippen molar-refractivity contribution in [1.82, 2.24) is 14.9 Å². The SMILES string of the molecule is CCCn1c(SCCCNC(=O)c2ccc(F)cc2)nc(-c2ccccc2)c1-c1ccccc1. The fourth-order valence-corrected chi connectivity index (χ4v) is 4.77. The van der Waals surface area contributed by atoms with E-state index in [-0.39, 0.29) is 11.7 Å². The van der Waals surface area contributed by atoms with Crippen LogP contribution in [0, 0.1) is 5.82 Å². The minimum Gasteiger partial charge on any atom is -0.352 e. The molecule has 0 fully saturated rings. The fourth-order valence-electron chi connectivity index (χ4n) is 3.80. The number of carbonyl (C=O) groups is 1. The van der Waals surface area contributed by atoms with Gasteiger partial charge in [0, 0.05) is 35.5 Å². The number of nitrogens with one attached hydrogen (secondary N) is 1. The Hall–Kier alpha value is -3.38. The van der Waals surface area contributed by atoms with E-state index in [0.29, 0.717) is 12.1 Å². The third kappa shape index (κ3) is 5.75. The van der Waals surface area contributed by atoms with Gasteiger partial charge in [-0.15, -0.1) is 0 Å². The molecular formula is C28H28FN3OS. The summed E-state index contributed by atoms with van der Waals surface area (Å²) < 4.78 is 15.4. The van der Waals surface area contributed by atoms with Crippen molar-refractivity contribution >= 4 is 17.7 Å². The highest BCUT2D eigenvalue weighted by molar-refractivity contribution is 7.99. The van der Waals surface area contributed by atoms with Crippen LogP contribution in [0.2, 0.25) is 0 Å². The Morgan fingerprint density at radius 1 is 0.941 bits per heavy atom. The van der Waals surface area contributed by atoms with Crippen molar-refractivity contribution in [2.45, 2.75) is 31.5 Å². The van der Waals surface area contributed by atoms with Gasteiger partial charge in [-0.1, -0.05) is 79.3 Å². The highest BCUT2D eigenvalue weighted by Gasteiger charge is 2.19. The number of aromatic nitrogens is 2. The van der Waals surface area contributed by atoms with Crippen LogP contribution in [0.3, 0.4) is 0 Å². The van der Waals surface area contributed by atoms with Crippen LogP contribution in [0.25, 0.3) is 22.5 Å². The van der Waals surface area contributed by atoms with Gasteiger partial charge in [0.05, 0.1) is 11.4 Å². The molecule has 0 aliphatic heterocycles. The van der Waals surface area contributed by atoms with Crippen LogP contribution >= 0.6 is 11.8 Å².